The van der Waals surface area contributed by atoms with Crippen LogP contribution in [0.2, 0.25) is 0 Å². The van der Waals surface area contributed by atoms with Crippen LogP contribution in [0.15, 0.2) is 217 Å². The van der Waals surface area contributed by atoms with Crippen molar-refractivity contribution in [3.8, 4) is 33.4 Å². The third-order valence-electron chi connectivity index (χ3n) is 13.4. The first-order chi connectivity index (χ1) is 29.5. The molecule has 0 saturated carbocycles. The minimum Gasteiger partial charge on any atom is -0.456 e. The lowest BCUT2D eigenvalue weighted by molar-refractivity contribution is 0.563. The third kappa shape index (κ3) is 4.94. The molecule has 12 rings (SSSR count). The first-order valence-corrected chi connectivity index (χ1v) is 20.9. The predicted octanol–water partition coefficient (Wildman–Crippen LogP) is 15.4. The van der Waals surface area contributed by atoms with Gasteiger partial charge in [-0.05, 0) is 115 Å². The van der Waals surface area contributed by atoms with Gasteiger partial charge in [-0.25, -0.2) is 0 Å². The van der Waals surface area contributed by atoms with Gasteiger partial charge in [0.05, 0.1) is 5.41 Å². The Morgan fingerprint density at radius 3 is 1.50 bits per heavy atom. The molecule has 10 aromatic rings. The molecule has 284 valence electrons. The summed E-state index contributed by atoms with van der Waals surface area (Å²) in [6, 6.07) is 77.9. The Morgan fingerprint density at radius 2 is 0.817 bits per heavy atom. The van der Waals surface area contributed by atoms with E-state index in [2.05, 4.69) is 219 Å². The van der Waals surface area contributed by atoms with Crippen molar-refractivity contribution in [3.05, 3.63) is 246 Å². The Kier molecular flexibility index (Phi) is 7.52. The highest BCUT2D eigenvalue weighted by Gasteiger charge is 2.53. The topological polar surface area (TPSA) is 16.4 Å². The molecule has 0 bridgehead atoms. The van der Waals surface area contributed by atoms with Gasteiger partial charge in [-0.3, -0.25) is 0 Å². The molecule has 0 unspecified atom stereocenters. The summed E-state index contributed by atoms with van der Waals surface area (Å²) in [5.41, 5.74) is 20.0. The zero-order valence-corrected chi connectivity index (χ0v) is 33.6. The molecule has 9 aromatic carbocycles. The van der Waals surface area contributed by atoms with Crippen LogP contribution >= 0.6 is 0 Å². The fraction of sp³-hybridized carbons (Fsp3) is 0.0690. The Hall–Kier alpha value is -7.42. The van der Waals surface area contributed by atoms with Crippen LogP contribution in [-0.2, 0) is 10.8 Å². The molecule has 0 radical (unpaired) electrons. The van der Waals surface area contributed by atoms with Crippen molar-refractivity contribution in [2.24, 2.45) is 0 Å². The molecule has 1 spiro atoms. The number of rotatable bonds is 5. The highest BCUT2D eigenvalue weighted by Crippen LogP contribution is 2.62. The van der Waals surface area contributed by atoms with E-state index in [0.29, 0.717) is 0 Å². The normalized spacial score (nSPS) is 14.1. The summed E-state index contributed by atoms with van der Waals surface area (Å²) in [6.45, 7) is 4.76. The maximum atomic E-state index is 6.40. The van der Waals surface area contributed by atoms with Gasteiger partial charge in [0, 0.05) is 39.3 Å². The molecule has 1 heterocycles. The van der Waals surface area contributed by atoms with Crippen LogP contribution < -0.4 is 4.90 Å². The number of anilines is 3. The number of hydrogen-bond donors (Lipinski definition) is 0. The average Bonchev–Trinajstić information content (AvgIpc) is 3.82. The average molecular weight is 768 g/mol. The van der Waals surface area contributed by atoms with E-state index in [0.717, 1.165) is 39.0 Å². The van der Waals surface area contributed by atoms with Crippen molar-refractivity contribution in [3.63, 3.8) is 0 Å². The summed E-state index contributed by atoms with van der Waals surface area (Å²) in [7, 11) is 0. The van der Waals surface area contributed by atoms with Gasteiger partial charge >= 0.3 is 0 Å². The molecule has 1 aromatic heterocycles. The number of para-hydroxylation sites is 1. The van der Waals surface area contributed by atoms with E-state index in [1.54, 1.807) is 0 Å². The summed E-state index contributed by atoms with van der Waals surface area (Å²) in [6.07, 6.45) is 0. The second-order valence-corrected chi connectivity index (χ2v) is 16.8. The molecule has 0 N–H and O–H groups in total. The Balaban J connectivity index is 0.996. The number of fused-ring (bicyclic) bond motifs is 12. The van der Waals surface area contributed by atoms with Crippen molar-refractivity contribution < 1.29 is 4.42 Å². The van der Waals surface area contributed by atoms with Crippen molar-refractivity contribution in [1.82, 2.24) is 0 Å². The number of hydrogen-bond acceptors (Lipinski definition) is 2. The van der Waals surface area contributed by atoms with Gasteiger partial charge in [-0.15, -0.1) is 0 Å². The molecular formula is C58H41NO. The van der Waals surface area contributed by atoms with Gasteiger partial charge in [0.15, 0.2) is 0 Å². The summed E-state index contributed by atoms with van der Waals surface area (Å²) in [5.74, 6) is 0. The zero-order chi connectivity index (χ0) is 40.0. The monoisotopic (exact) mass is 767 g/mol. The van der Waals surface area contributed by atoms with Crippen LogP contribution in [0.1, 0.15) is 47.2 Å². The minimum atomic E-state index is -0.428. The molecule has 2 heteroatoms. The lowest BCUT2D eigenvalue weighted by Gasteiger charge is -2.46. The lowest BCUT2D eigenvalue weighted by atomic mass is 9.55. The van der Waals surface area contributed by atoms with Crippen LogP contribution in [0.3, 0.4) is 0 Å². The van der Waals surface area contributed by atoms with Gasteiger partial charge in [-0.2, -0.15) is 0 Å². The molecule has 60 heavy (non-hydrogen) atoms. The highest BCUT2D eigenvalue weighted by atomic mass is 16.3. The molecule has 2 nitrogen and oxygen atoms in total. The van der Waals surface area contributed by atoms with E-state index >= 15 is 0 Å². The largest absolute Gasteiger partial charge is 0.456 e. The summed E-state index contributed by atoms with van der Waals surface area (Å²) >= 11 is 0. The van der Waals surface area contributed by atoms with Crippen molar-refractivity contribution in [1.29, 1.82) is 0 Å². The van der Waals surface area contributed by atoms with Gasteiger partial charge < -0.3 is 9.32 Å². The smallest absolute Gasteiger partial charge is 0.137 e. The molecule has 0 aliphatic heterocycles. The zero-order valence-electron chi connectivity index (χ0n) is 33.6. The number of nitrogens with zero attached hydrogens (tertiary/aromatic N) is 1. The van der Waals surface area contributed by atoms with Crippen LogP contribution in [-0.4, -0.2) is 0 Å². The molecule has 2 aliphatic rings. The first-order valence-electron chi connectivity index (χ1n) is 20.9. The van der Waals surface area contributed by atoms with E-state index in [-0.39, 0.29) is 5.41 Å². The molecule has 2 aliphatic carbocycles. The molecule has 0 amide bonds. The standard InChI is InChI=1S/C58H41NO/c1-57(2)50-19-9-11-21-52(50)58(53-22-12-10-20-51(53)57)49-18-8-6-16-45(49)46-34-28-41(36-54(46)58)40-26-31-43(32-27-40)59(42-29-24-39(25-30-42)38-14-4-3-5-15-38)44-33-35-48-47-17-7-13-23-55(47)60-56(48)37-44/h3-37H,1-2H3. The lowest BCUT2D eigenvalue weighted by Crippen LogP contribution is -2.40. The summed E-state index contributed by atoms with van der Waals surface area (Å²) in [5, 5.41) is 2.25. The van der Waals surface area contributed by atoms with E-state index in [4.69, 9.17) is 4.42 Å². The Morgan fingerprint density at radius 1 is 0.333 bits per heavy atom. The molecular weight excluding hydrogens is 727 g/mol. The second-order valence-electron chi connectivity index (χ2n) is 16.8. The molecule has 0 fully saturated rings. The van der Waals surface area contributed by atoms with E-state index in [9.17, 15) is 0 Å². The Labute approximate surface area is 350 Å². The number of benzene rings is 9. The van der Waals surface area contributed by atoms with Gasteiger partial charge in [0.2, 0.25) is 0 Å². The SMILES string of the molecule is CC1(C)c2ccccc2C2(c3ccccc3-c3ccc(-c4ccc(N(c5ccc(-c6ccccc6)cc5)c5ccc6c(c5)oc5ccccc56)cc4)cc32)c2ccccc21. The van der Waals surface area contributed by atoms with Crippen molar-refractivity contribution in [2.75, 3.05) is 4.90 Å². The summed E-state index contributed by atoms with van der Waals surface area (Å²) in [4.78, 5) is 2.33. The fourth-order valence-electron chi connectivity index (χ4n) is 10.6. The van der Waals surface area contributed by atoms with Gasteiger partial charge in [0.1, 0.15) is 11.2 Å². The van der Waals surface area contributed by atoms with E-state index < -0.39 is 5.41 Å². The van der Waals surface area contributed by atoms with Crippen LogP contribution in [0.4, 0.5) is 17.1 Å². The predicted molar refractivity (Wildman–Crippen MR) is 249 cm³/mol. The fourth-order valence-corrected chi connectivity index (χ4v) is 10.6. The highest BCUT2D eigenvalue weighted by molar-refractivity contribution is 6.06. The maximum Gasteiger partial charge on any atom is 0.137 e. The number of furan rings is 1. The van der Waals surface area contributed by atoms with Crippen LogP contribution in [0.25, 0.3) is 55.3 Å². The van der Waals surface area contributed by atoms with E-state index in [1.165, 1.54) is 66.8 Å². The maximum absolute atomic E-state index is 6.40. The van der Waals surface area contributed by atoms with Gasteiger partial charge in [0.25, 0.3) is 0 Å². The third-order valence-corrected chi connectivity index (χ3v) is 13.4. The van der Waals surface area contributed by atoms with Crippen LogP contribution in [0.5, 0.6) is 0 Å². The quantitative estimate of drug-likeness (QED) is 0.173. The Bertz CT molecular complexity index is 3230. The van der Waals surface area contributed by atoms with Gasteiger partial charge in [-0.1, -0.05) is 172 Å². The van der Waals surface area contributed by atoms with Crippen molar-refractivity contribution in [2.45, 2.75) is 24.7 Å². The second kappa shape index (κ2) is 13.0. The summed E-state index contributed by atoms with van der Waals surface area (Å²) < 4.78 is 6.40. The van der Waals surface area contributed by atoms with Crippen LogP contribution in [0, 0.1) is 0 Å². The minimum absolute atomic E-state index is 0.133. The van der Waals surface area contributed by atoms with E-state index in [1.807, 2.05) is 12.1 Å². The molecule has 0 saturated heterocycles. The van der Waals surface area contributed by atoms with Crippen molar-refractivity contribution >= 4 is 39.0 Å². The first kappa shape index (κ1) is 34.6. The molecule has 0 atom stereocenters.